The van der Waals surface area contributed by atoms with E-state index in [1.807, 2.05) is 10.9 Å². The second-order valence-electron chi connectivity index (χ2n) is 5.71. The summed E-state index contributed by atoms with van der Waals surface area (Å²) < 4.78 is 1.99. The van der Waals surface area contributed by atoms with Gasteiger partial charge in [0.15, 0.2) is 0 Å². The average Bonchev–Trinajstić information content (AvgIpc) is 2.85. The van der Waals surface area contributed by atoms with E-state index >= 15 is 0 Å². The minimum Gasteiger partial charge on any atom is -0.381 e. The summed E-state index contributed by atoms with van der Waals surface area (Å²) in [6.45, 7) is 6.03. The molecule has 1 N–H and O–H groups in total. The quantitative estimate of drug-likeness (QED) is 0.877. The summed E-state index contributed by atoms with van der Waals surface area (Å²) in [5.41, 5.74) is 3.68. The summed E-state index contributed by atoms with van der Waals surface area (Å²) in [7, 11) is 4.17. The molecule has 0 spiro atoms. The zero-order valence-corrected chi connectivity index (χ0v) is 12.8. The molecule has 20 heavy (non-hydrogen) atoms. The van der Waals surface area contributed by atoms with Crippen LogP contribution in [0.1, 0.15) is 31.0 Å². The largest absolute Gasteiger partial charge is 0.381 e. The van der Waals surface area contributed by atoms with Crippen molar-refractivity contribution >= 4 is 5.69 Å². The van der Waals surface area contributed by atoms with E-state index in [0.29, 0.717) is 6.04 Å². The second-order valence-corrected chi connectivity index (χ2v) is 5.71. The molecular weight excluding hydrogens is 248 g/mol. The zero-order chi connectivity index (χ0) is 14.5. The molecule has 1 aromatic carbocycles. The number of nitrogens with zero attached hydrogens (tertiary/aromatic N) is 3. The van der Waals surface area contributed by atoms with Crippen molar-refractivity contribution in [1.82, 2.24) is 14.7 Å². The van der Waals surface area contributed by atoms with Crippen LogP contribution in [-0.2, 0) is 13.1 Å². The molecule has 0 unspecified atom stereocenters. The fourth-order valence-corrected chi connectivity index (χ4v) is 2.10. The molecule has 4 heteroatoms. The Morgan fingerprint density at radius 3 is 2.70 bits per heavy atom. The Bertz CT molecular complexity index is 543. The molecule has 108 valence electrons. The van der Waals surface area contributed by atoms with E-state index in [4.69, 9.17) is 0 Å². The summed E-state index contributed by atoms with van der Waals surface area (Å²) >= 11 is 0. The van der Waals surface area contributed by atoms with Gasteiger partial charge in [-0.05, 0) is 45.6 Å². The van der Waals surface area contributed by atoms with E-state index in [1.165, 1.54) is 11.1 Å². The molecule has 0 radical (unpaired) electrons. The van der Waals surface area contributed by atoms with Gasteiger partial charge in [-0.15, -0.1) is 0 Å². The van der Waals surface area contributed by atoms with Crippen molar-refractivity contribution in [3.05, 3.63) is 47.8 Å². The Kier molecular flexibility index (Phi) is 4.79. The number of benzene rings is 1. The zero-order valence-electron chi connectivity index (χ0n) is 12.8. The van der Waals surface area contributed by atoms with Gasteiger partial charge in [-0.3, -0.25) is 4.68 Å². The molecule has 2 rings (SSSR count). The van der Waals surface area contributed by atoms with E-state index < -0.39 is 0 Å². The summed E-state index contributed by atoms with van der Waals surface area (Å²) in [4.78, 5) is 2.17. The van der Waals surface area contributed by atoms with Crippen molar-refractivity contribution in [3.8, 4) is 0 Å². The Balaban J connectivity index is 1.96. The number of nitrogens with one attached hydrogen (secondary N) is 1. The van der Waals surface area contributed by atoms with Crippen LogP contribution in [0.15, 0.2) is 36.7 Å². The van der Waals surface area contributed by atoms with Crippen LogP contribution < -0.4 is 5.32 Å². The Morgan fingerprint density at radius 2 is 2.05 bits per heavy atom. The molecule has 0 fully saturated rings. The first-order chi connectivity index (χ1) is 9.54. The van der Waals surface area contributed by atoms with E-state index in [2.05, 4.69) is 73.7 Å². The lowest BCUT2D eigenvalue weighted by Crippen LogP contribution is -2.10. The molecule has 0 aliphatic carbocycles. The highest BCUT2D eigenvalue weighted by Crippen LogP contribution is 2.13. The first-order valence-corrected chi connectivity index (χ1v) is 7.05. The monoisotopic (exact) mass is 272 g/mol. The fourth-order valence-electron chi connectivity index (χ4n) is 2.10. The van der Waals surface area contributed by atoms with Crippen LogP contribution in [0, 0.1) is 0 Å². The maximum atomic E-state index is 4.35. The highest BCUT2D eigenvalue weighted by molar-refractivity contribution is 5.46. The second kappa shape index (κ2) is 6.57. The number of hydrogen-bond acceptors (Lipinski definition) is 3. The molecule has 1 heterocycles. The molecular formula is C16H24N4. The van der Waals surface area contributed by atoms with Crippen LogP contribution in [0.3, 0.4) is 0 Å². The number of hydrogen-bond donors (Lipinski definition) is 1. The van der Waals surface area contributed by atoms with Gasteiger partial charge >= 0.3 is 0 Å². The van der Waals surface area contributed by atoms with Gasteiger partial charge in [0.25, 0.3) is 0 Å². The van der Waals surface area contributed by atoms with Crippen molar-refractivity contribution in [1.29, 1.82) is 0 Å². The minimum absolute atomic E-state index is 0.409. The van der Waals surface area contributed by atoms with Crippen molar-refractivity contribution in [2.75, 3.05) is 19.4 Å². The van der Waals surface area contributed by atoms with Gasteiger partial charge in [-0.1, -0.05) is 12.1 Å². The van der Waals surface area contributed by atoms with E-state index in [0.717, 1.165) is 18.8 Å². The predicted octanol–water partition coefficient (Wildman–Crippen LogP) is 3.14. The number of anilines is 1. The third kappa shape index (κ3) is 4.10. The standard InChI is InChI=1S/C16H24N4/c1-13(2)20-12-15(10-18-20)9-17-16-7-5-6-14(8-16)11-19(3)4/h5-8,10,12-13,17H,9,11H2,1-4H3. The maximum Gasteiger partial charge on any atom is 0.0539 e. The van der Waals surface area contributed by atoms with E-state index in [9.17, 15) is 0 Å². The van der Waals surface area contributed by atoms with Crippen molar-refractivity contribution in [2.24, 2.45) is 0 Å². The van der Waals surface area contributed by atoms with Gasteiger partial charge in [-0.2, -0.15) is 5.10 Å². The van der Waals surface area contributed by atoms with Crippen LogP contribution in [0.2, 0.25) is 0 Å². The summed E-state index contributed by atoms with van der Waals surface area (Å²) in [5.74, 6) is 0. The third-order valence-corrected chi connectivity index (χ3v) is 3.11. The fraction of sp³-hybridized carbons (Fsp3) is 0.438. The first-order valence-electron chi connectivity index (χ1n) is 7.05. The van der Waals surface area contributed by atoms with Gasteiger partial charge in [0, 0.05) is 36.6 Å². The Morgan fingerprint density at radius 1 is 1.25 bits per heavy atom. The lowest BCUT2D eigenvalue weighted by Gasteiger charge is -2.11. The lowest BCUT2D eigenvalue weighted by atomic mass is 10.2. The van der Waals surface area contributed by atoms with E-state index in [-0.39, 0.29) is 0 Å². The molecule has 2 aromatic rings. The van der Waals surface area contributed by atoms with Crippen LogP contribution in [-0.4, -0.2) is 28.8 Å². The molecule has 1 aromatic heterocycles. The SMILES string of the molecule is CC(C)n1cc(CNc2cccc(CN(C)C)c2)cn1. The van der Waals surface area contributed by atoms with Gasteiger partial charge in [0.05, 0.1) is 6.20 Å². The van der Waals surface area contributed by atoms with E-state index in [1.54, 1.807) is 0 Å². The summed E-state index contributed by atoms with van der Waals surface area (Å²) in [6, 6.07) is 8.96. The Labute approximate surface area is 121 Å². The molecule has 0 saturated carbocycles. The highest BCUT2D eigenvalue weighted by Gasteiger charge is 2.02. The maximum absolute atomic E-state index is 4.35. The summed E-state index contributed by atoms with van der Waals surface area (Å²) in [5, 5.41) is 7.81. The third-order valence-electron chi connectivity index (χ3n) is 3.11. The number of rotatable bonds is 6. The molecule has 0 saturated heterocycles. The van der Waals surface area contributed by atoms with Crippen LogP contribution in [0.4, 0.5) is 5.69 Å². The Hall–Kier alpha value is -1.81. The van der Waals surface area contributed by atoms with Gasteiger partial charge in [-0.25, -0.2) is 0 Å². The highest BCUT2D eigenvalue weighted by atomic mass is 15.3. The van der Waals surface area contributed by atoms with Crippen molar-refractivity contribution in [3.63, 3.8) is 0 Å². The number of aromatic nitrogens is 2. The molecule has 0 aliphatic rings. The minimum atomic E-state index is 0.409. The lowest BCUT2D eigenvalue weighted by molar-refractivity contribution is 0.402. The van der Waals surface area contributed by atoms with Crippen molar-refractivity contribution in [2.45, 2.75) is 33.0 Å². The summed E-state index contributed by atoms with van der Waals surface area (Å²) in [6.07, 6.45) is 4.03. The smallest absolute Gasteiger partial charge is 0.0539 e. The van der Waals surface area contributed by atoms with Crippen LogP contribution >= 0.6 is 0 Å². The first kappa shape index (κ1) is 14.6. The van der Waals surface area contributed by atoms with Gasteiger partial charge < -0.3 is 10.2 Å². The van der Waals surface area contributed by atoms with Crippen molar-refractivity contribution < 1.29 is 0 Å². The molecule has 0 amide bonds. The topological polar surface area (TPSA) is 33.1 Å². The van der Waals surface area contributed by atoms with Gasteiger partial charge in [0.2, 0.25) is 0 Å². The van der Waals surface area contributed by atoms with Crippen LogP contribution in [0.25, 0.3) is 0 Å². The molecule has 0 atom stereocenters. The normalized spacial score (nSPS) is 11.3. The van der Waals surface area contributed by atoms with Gasteiger partial charge in [0.1, 0.15) is 0 Å². The molecule has 0 bridgehead atoms. The molecule has 0 aliphatic heterocycles. The van der Waals surface area contributed by atoms with Crippen LogP contribution in [0.5, 0.6) is 0 Å². The molecule has 4 nitrogen and oxygen atoms in total. The predicted molar refractivity (Wildman–Crippen MR) is 83.8 cm³/mol. The average molecular weight is 272 g/mol.